The molecule has 0 aliphatic carbocycles. The Morgan fingerprint density at radius 1 is 0.926 bits per heavy atom. The van der Waals surface area contributed by atoms with E-state index < -0.39 is 30.0 Å². The summed E-state index contributed by atoms with van der Waals surface area (Å²) in [4.78, 5) is -1.04. The lowest BCUT2D eigenvalue weighted by atomic mass is 9.90. The summed E-state index contributed by atoms with van der Waals surface area (Å²) in [6.45, 7) is 5.77. The molecule has 2 N–H and O–H groups in total. The number of hydrogen-bond donors (Lipinski definition) is 2. The number of fused-ring (bicyclic) bond motifs is 1. The molecule has 6 nitrogen and oxygen atoms in total. The second-order valence-corrected chi connectivity index (χ2v) is 9.73. The molecule has 0 bridgehead atoms. The van der Waals surface area contributed by atoms with Crippen molar-refractivity contribution in [3.63, 3.8) is 0 Å². The molecule has 0 amide bonds. The van der Waals surface area contributed by atoms with E-state index in [-0.39, 0.29) is 10.9 Å². The Balaban J connectivity index is 2.67. The average molecular weight is 415 g/mol. The molecule has 2 rings (SSSR count). The summed E-state index contributed by atoms with van der Waals surface area (Å²) in [6.07, 6.45) is 5.14. The minimum absolute atomic E-state index is 0.229. The van der Waals surface area contributed by atoms with Crippen molar-refractivity contribution in [3.05, 3.63) is 35.4 Å². The normalized spacial score (nSPS) is 13.8. The number of rotatable bonds is 8. The molecule has 1 atom stereocenters. The SMILES string of the molecule is CCCCC(CC)Cc1ccc2c(S(=O)(=O)O)cc(S(=O)(=O)O)c(C)c2c1. The first-order valence-electron chi connectivity index (χ1n) is 9.00. The fraction of sp³-hybridized carbons (Fsp3) is 0.474. The van der Waals surface area contributed by atoms with Crippen LogP contribution in [0.5, 0.6) is 0 Å². The lowest BCUT2D eigenvalue weighted by molar-refractivity contribution is 0.449. The van der Waals surface area contributed by atoms with Crippen LogP contribution in [0.2, 0.25) is 0 Å². The summed E-state index contributed by atoms with van der Waals surface area (Å²) in [5.41, 5.74) is 1.21. The summed E-state index contributed by atoms with van der Waals surface area (Å²) in [7, 11) is -9.29. The van der Waals surface area contributed by atoms with Crippen molar-refractivity contribution in [1.82, 2.24) is 0 Å². The van der Waals surface area contributed by atoms with Crippen molar-refractivity contribution in [3.8, 4) is 0 Å². The average Bonchev–Trinajstić information content (AvgIpc) is 2.56. The first kappa shape index (κ1) is 21.8. The highest BCUT2D eigenvalue weighted by Crippen LogP contribution is 2.33. The third-order valence-corrected chi connectivity index (χ3v) is 6.88. The van der Waals surface area contributed by atoms with Gasteiger partial charge in [-0.1, -0.05) is 57.7 Å². The van der Waals surface area contributed by atoms with Crippen molar-refractivity contribution in [1.29, 1.82) is 0 Å². The van der Waals surface area contributed by atoms with Gasteiger partial charge in [0.1, 0.15) is 4.90 Å². The molecule has 1 unspecified atom stereocenters. The van der Waals surface area contributed by atoms with Crippen LogP contribution in [0.15, 0.2) is 34.1 Å². The maximum absolute atomic E-state index is 11.7. The van der Waals surface area contributed by atoms with Crippen LogP contribution in [0.4, 0.5) is 0 Å². The van der Waals surface area contributed by atoms with Gasteiger partial charge in [-0.25, -0.2) is 0 Å². The lowest BCUT2D eigenvalue weighted by Gasteiger charge is -2.16. The highest BCUT2D eigenvalue weighted by Gasteiger charge is 2.23. The van der Waals surface area contributed by atoms with Crippen LogP contribution < -0.4 is 0 Å². The standard InChI is InChI=1S/C19H26O6S2/c1-4-6-7-14(5-2)10-15-8-9-16-17(11-15)13(3)18(26(20,21)22)12-19(16)27(23,24)25/h8-9,11-12,14H,4-7,10H2,1-3H3,(H,20,21,22)(H,23,24,25). The van der Waals surface area contributed by atoms with E-state index >= 15 is 0 Å². The summed E-state index contributed by atoms with van der Waals surface area (Å²) >= 11 is 0. The topological polar surface area (TPSA) is 109 Å². The molecule has 0 saturated carbocycles. The van der Waals surface area contributed by atoms with Crippen molar-refractivity contribution in [2.45, 2.75) is 62.7 Å². The van der Waals surface area contributed by atoms with Gasteiger partial charge in [0.25, 0.3) is 20.2 Å². The summed E-state index contributed by atoms with van der Waals surface area (Å²) < 4.78 is 65.8. The van der Waals surface area contributed by atoms with Gasteiger partial charge in [-0.2, -0.15) is 16.8 Å². The van der Waals surface area contributed by atoms with E-state index in [1.165, 1.54) is 6.92 Å². The molecule has 2 aromatic rings. The Kier molecular flexibility index (Phi) is 6.68. The van der Waals surface area contributed by atoms with Crippen molar-refractivity contribution in [2.24, 2.45) is 5.92 Å². The zero-order chi connectivity index (χ0) is 20.4. The van der Waals surface area contributed by atoms with E-state index in [1.807, 2.05) is 0 Å². The zero-order valence-corrected chi connectivity index (χ0v) is 17.4. The second kappa shape index (κ2) is 8.26. The fourth-order valence-electron chi connectivity index (χ4n) is 3.44. The van der Waals surface area contributed by atoms with Crippen LogP contribution in [-0.4, -0.2) is 25.9 Å². The molecule has 0 radical (unpaired) electrons. The Morgan fingerprint density at radius 3 is 2.07 bits per heavy atom. The van der Waals surface area contributed by atoms with Gasteiger partial charge in [0, 0.05) is 5.39 Å². The third kappa shape index (κ3) is 5.07. The predicted octanol–water partition coefficient (Wildman–Crippen LogP) is 4.40. The fourth-order valence-corrected chi connectivity index (χ4v) is 5.00. The zero-order valence-electron chi connectivity index (χ0n) is 15.8. The van der Waals surface area contributed by atoms with Gasteiger partial charge in [-0.15, -0.1) is 0 Å². The molecule has 0 aromatic heterocycles. The summed E-state index contributed by atoms with van der Waals surface area (Å²) in [5, 5.41) is 0.619. The molecule has 150 valence electrons. The smallest absolute Gasteiger partial charge is 0.282 e. The predicted molar refractivity (Wildman–Crippen MR) is 105 cm³/mol. The summed E-state index contributed by atoms with van der Waals surface area (Å²) in [6, 6.07) is 5.94. The number of unbranched alkanes of at least 4 members (excludes halogenated alkanes) is 1. The van der Waals surface area contributed by atoms with E-state index in [1.54, 1.807) is 18.2 Å². The van der Waals surface area contributed by atoms with Crippen LogP contribution in [0, 0.1) is 12.8 Å². The van der Waals surface area contributed by atoms with Gasteiger partial charge >= 0.3 is 0 Å². The maximum Gasteiger partial charge on any atom is 0.295 e. The van der Waals surface area contributed by atoms with E-state index in [2.05, 4.69) is 13.8 Å². The third-order valence-electron chi connectivity index (χ3n) is 5.01. The van der Waals surface area contributed by atoms with Crippen LogP contribution in [0.3, 0.4) is 0 Å². The molecule has 0 heterocycles. The number of aryl methyl sites for hydroxylation is 1. The lowest BCUT2D eigenvalue weighted by Crippen LogP contribution is -2.08. The van der Waals surface area contributed by atoms with E-state index in [9.17, 15) is 25.9 Å². The first-order chi connectivity index (χ1) is 12.5. The molecule has 8 heteroatoms. The molecule has 0 spiro atoms. The van der Waals surface area contributed by atoms with Crippen LogP contribution >= 0.6 is 0 Å². The van der Waals surface area contributed by atoms with Gasteiger partial charge in [0.05, 0.1) is 4.90 Å². The minimum atomic E-state index is -4.66. The van der Waals surface area contributed by atoms with Crippen LogP contribution in [0.25, 0.3) is 10.8 Å². The van der Waals surface area contributed by atoms with Gasteiger partial charge in [-0.05, 0) is 41.8 Å². The molecule has 0 aliphatic heterocycles. The monoisotopic (exact) mass is 414 g/mol. The van der Waals surface area contributed by atoms with Crippen LogP contribution in [0.1, 0.15) is 50.7 Å². The minimum Gasteiger partial charge on any atom is -0.282 e. The second-order valence-electron chi connectivity index (χ2n) is 6.95. The Morgan fingerprint density at radius 2 is 1.56 bits per heavy atom. The first-order valence-corrected chi connectivity index (χ1v) is 11.9. The van der Waals surface area contributed by atoms with Crippen molar-refractivity contribution in [2.75, 3.05) is 0 Å². The molecule has 0 fully saturated rings. The van der Waals surface area contributed by atoms with Crippen LogP contribution in [-0.2, 0) is 26.7 Å². The molecule has 0 aliphatic rings. The molecule has 27 heavy (non-hydrogen) atoms. The Labute approximate surface area is 161 Å². The van der Waals surface area contributed by atoms with Gasteiger partial charge in [0.15, 0.2) is 0 Å². The Bertz CT molecular complexity index is 1040. The van der Waals surface area contributed by atoms with Crippen molar-refractivity contribution >= 4 is 31.0 Å². The highest BCUT2D eigenvalue weighted by molar-refractivity contribution is 7.86. The van der Waals surface area contributed by atoms with Gasteiger partial charge in [0.2, 0.25) is 0 Å². The molecule has 2 aromatic carbocycles. The quantitative estimate of drug-likeness (QED) is 0.620. The number of hydrogen-bond acceptors (Lipinski definition) is 4. The van der Waals surface area contributed by atoms with E-state index in [0.717, 1.165) is 43.7 Å². The van der Waals surface area contributed by atoms with E-state index in [4.69, 9.17) is 0 Å². The number of benzene rings is 2. The van der Waals surface area contributed by atoms with Gasteiger partial charge < -0.3 is 0 Å². The highest BCUT2D eigenvalue weighted by atomic mass is 32.2. The summed E-state index contributed by atoms with van der Waals surface area (Å²) in [5.74, 6) is 0.480. The largest absolute Gasteiger partial charge is 0.295 e. The van der Waals surface area contributed by atoms with E-state index in [0.29, 0.717) is 11.3 Å². The molecular weight excluding hydrogens is 388 g/mol. The molecular formula is C19H26O6S2. The van der Waals surface area contributed by atoms with Crippen molar-refractivity contribution < 1.29 is 25.9 Å². The van der Waals surface area contributed by atoms with Gasteiger partial charge in [-0.3, -0.25) is 9.11 Å². The molecule has 0 saturated heterocycles. The maximum atomic E-state index is 11.7. The Hall–Kier alpha value is -1.48.